The number of rotatable bonds is 5. The highest BCUT2D eigenvalue weighted by atomic mass is 35.5. The molecule has 2 aromatic rings. The van der Waals surface area contributed by atoms with Crippen molar-refractivity contribution in [2.24, 2.45) is 0 Å². The lowest BCUT2D eigenvalue weighted by atomic mass is 10.0. The van der Waals surface area contributed by atoms with Crippen molar-refractivity contribution in [3.05, 3.63) is 52.2 Å². The molecule has 1 aromatic carbocycles. The Bertz CT molecular complexity index is 626. The lowest BCUT2D eigenvalue weighted by molar-refractivity contribution is 0.450. The fourth-order valence-corrected chi connectivity index (χ4v) is 2.60. The minimum Gasteiger partial charge on any atom is -0.438 e. The molecule has 0 radical (unpaired) electrons. The quantitative estimate of drug-likeness (QED) is 0.871. The fraction of sp³-hybridized carbons (Fsp3) is 0.353. The van der Waals surface area contributed by atoms with Crippen molar-refractivity contribution in [1.82, 2.24) is 10.3 Å². The van der Waals surface area contributed by atoms with E-state index in [2.05, 4.69) is 24.1 Å². The molecule has 0 amide bonds. The lowest BCUT2D eigenvalue weighted by Gasteiger charge is -2.15. The molecule has 3 nitrogen and oxygen atoms in total. The Balaban J connectivity index is 2.38. The second kappa shape index (κ2) is 6.92. The van der Waals surface area contributed by atoms with Gasteiger partial charge >= 0.3 is 0 Å². The van der Waals surface area contributed by atoms with Gasteiger partial charge in [-0.25, -0.2) is 4.98 Å². The van der Waals surface area contributed by atoms with Crippen molar-refractivity contribution >= 4 is 11.6 Å². The molecule has 4 heteroatoms. The molecular weight excluding hydrogens is 284 g/mol. The normalized spacial score (nSPS) is 11.0. The van der Waals surface area contributed by atoms with Gasteiger partial charge in [0.25, 0.3) is 0 Å². The number of nitrogens with zero attached hydrogens (tertiary/aromatic N) is 1. The molecule has 21 heavy (non-hydrogen) atoms. The molecule has 1 N–H and O–H groups in total. The first-order valence-corrected chi connectivity index (χ1v) is 7.47. The Morgan fingerprint density at radius 1 is 1.33 bits per heavy atom. The maximum Gasteiger partial charge on any atom is 0.223 e. The molecule has 1 heterocycles. The van der Waals surface area contributed by atoms with E-state index in [1.54, 1.807) is 6.20 Å². The van der Waals surface area contributed by atoms with E-state index in [-0.39, 0.29) is 0 Å². The Kier molecular flexibility index (Phi) is 5.21. The van der Waals surface area contributed by atoms with Gasteiger partial charge in [0.15, 0.2) is 0 Å². The van der Waals surface area contributed by atoms with Crippen LogP contribution in [0.2, 0.25) is 5.02 Å². The van der Waals surface area contributed by atoms with E-state index in [0.717, 1.165) is 27.5 Å². The third kappa shape index (κ3) is 3.74. The summed E-state index contributed by atoms with van der Waals surface area (Å²) in [5, 5.41) is 3.91. The zero-order chi connectivity index (χ0) is 15.4. The summed E-state index contributed by atoms with van der Waals surface area (Å²) in [6.07, 6.45) is 1.74. The number of aryl methyl sites for hydroxylation is 1. The van der Waals surface area contributed by atoms with Crippen LogP contribution in [0.5, 0.6) is 11.6 Å². The Morgan fingerprint density at radius 3 is 2.76 bits per heavy atom. The number of pyridine rings is 1. The largest absolute Gasteiger partial charge is 0.438 e. The summed E-state index contributed by atoms with van der Waals surface area (Å²) in [7, 11) is 1.90. The first kappa shape index (κ1) is 15.8. The summed E-state index contributed by atoms with van der Waals surface area (Å²) < 4.78 is 6.03. The third-order valence-corrected chi connectivity index (χ3v) is 3.67. The molecule has 0 aliphatic rings. The zero-order valence-corrected chi connectivity index (χ0v) is 13.7. The number of halogens is 1. The molecule has 0 aliphatic heterocycles. The number of nitrogens with one attached hydrogen (secondary N) is 1. The van der Waals surface area contributed by atoms with Crippen molar-refractivity contribution in [3.8, 4) is 11.6 Å². The van der Waals surface area contributed by atoms with Crippen LogP contribution >= 0.6 is 11.6 Å². The van der Waals surface area contributed by atoms with Gasteiger partial charge < -0.3 is 10.1 Å². The number of benzene rings is 1. The standard InChI is InChI=1S/C17H21ClN2O/c1-11(2)14-9-16(12(3)8-15(14)18)21-17-13(10-19-4)6-5-7-20-17/h5-9,11,19H,10H2,1-4H3. The topological polar surface area (TPSA) is 34.2 Å². The van der Waals surface area contributed by atoms with Crippen LogP contribution in [0.25, 0.3) is 0 Å². The number of hydrogen-bond acceptors (Lipinski definition) is 3. The van der Waals surface area contributed by atoms with Crippen molar-refractivity contribution in [1.29, 1.82) is 0 Å². The second-order valence-electron chi connectivity index (χ2n) is 5.39. The van der Waals surface area contributed by atoms with E-state index in [1.165, 1.54) is 0 Å². The van der Waals surface area contributed by atoms with Gasteiger partial charge in [0.1, 0.15) is 5.75 Å². The van der Waals surface area contributed by atoms with Crippen LogP contribution in [-0.2, 0) is 6.54 Å². The van der Waals surface area contributed by atoms with Gasteiger partial charge in [-0.1, -0.05) is 31.5 Å². The van der Waals surface area contributed by atoms with E-state index in [9.17, 15) is 0 Å². The van der Waals surface area contributed by atoms with Crippen molar-refractivity contribution in [2.75, 3.05) is 7.05 Å². The average Bonchev–Trinajstić information content (AvgIpc) is 2.43. The van der Waals surface area contributed by atoms with Crippen LogP contribution in [0.3, 0.4) is 0 Å². The smallest absolute Gasteiger partial charge is 0.223 e. The van der Waals surface area contributed by atoms with Crippen LogP contribution in [0.1, 0.15) is 36.5 Å². The van der Waals surface area contributed by atoms with Crippen molar-refractivity contribution in [2.45, 2.75) is 33.2 Å². The minimum atomic E-state index is 0.348. The van der Waals surface area contributed by atoms with Gasteiger partial charge in [0.2, 0.25) is 5.88 Å². The Hall–Kier alpha value is -1.58. The molecule has 0 spiro atoms. The summed E-state index contributed by atoms with van der Waals surface area (Å²) >= 11 is 6.30. The van der Waals surface area contributed by atoms with Gasteiger partial charge in [-0.15, -0.1) is 0 Å². The summed E-state index contributed by atoms with van der Waals surface area (Å²) in [6.45, 7) is 6.94. The van der Waals surface area contributed by atoms with E-state index in [1.807, 2.05) is 38.2 Å². The monoisotopic (exact) mass is 304 g/mol. The summed E-state index contributed by atoms with van der Waals surface area (Å²) in [5.74, 6) is 1.78. The maximum absolute atomic E-state index is 6.30. The predicted molar refractivity (Wildman–Crippen MR) is 87.4 cm³/mol. The molecule has 0 aliphatic carbocycles. The molecule has 2 rings (SSSR count). The summed E-state index contributed by atoms with van der Waals surface area (Å²) in [4.78, 5) is 4.34. The SMILES string of the molecule is CNCc1cccnc1Oc1cc(C(C)C)c(Cl)cc1C. The third-order valence-electron chi connectivity index (χ3n) is 3.34. The fourth-order valence-electron chi connectivity index (χ4n) is 2.17. The van der Waals surface area contributed by atoms with Crippen LogP contribution in [0.15, 0.2) is 30.5 Å². The van der Waals surface area contributed by atoms with Crippen LogP contribution < -0.4 is 10.1 Å². The Morgan fingerprint density at radius 2 is 2.10 bits per heavy atom. The molecule has 0 unspecified atom stereocenters. The van der Waals surface area contributed by atoms with Gasteiger partial charge in [-0.2, -0.15) is 0 Å². The number of hydrogen-bond donors (Lipinski definition) is 1. The highest BCUT2D eigenvalue weighted by Crippen LogP contribution is 2.34. The van der Waals surface area contributed by atoms with Crippen molar-refractivity contribution < 1.29 is 4.74 Å². The van der Waals surface area contributed by atoms with Gasteiger partial charge in [-0.3, -0.25) is 0 Å². The first-order chi connectivity index (χ1) is 10.0. The van der Waals surface area contributed by atoms with E-state index < -0.39 is 0 Å². The van der Waals surface area contributed by atoms with Gasteiger partial charge in [0, 0.05) is 23.3 Å². The highest BCUT2D eigenvalue weighted by molar-refractivity contribution is 6.31. The lowest BCUT2D eigenvalue weighted by Crippen LogP contribution is -2.07. The molecular formula is C17H21ClN2O. The van der Waals surface area contributed by atoms with Gasteiger partial charge in [-0.05, 0) is 49.2 Å². The molecule has 0 atom stereocenters. The predicted octanol–water partition coefficient (Wildman–Crippen LogP) is 4.68. The second-order valence-corrected chi connectivity index (χ2v) is 5.80. The molecule has 1 aromatic heterocycles. The average molecular weight is 305 g/mol. The minimum absolute atomic E-state index is 0.348. The highest BCUT2D eigenvalue weighted by Gasteiger charge is 2.12. The molecule has 0 fully saturated rings. The van der Waals surface area contributed by atoms with E-state index >= 15 is 0 Å². The molecule has 0 saturated heterocycles. The number of ether oxygens (including phenoxy) is 1. The van der Waals surface area contributed by atoms with E-state index in [0.29, 0.717) is 18.3 Å². The molecule has 112 valence electrons. The van der Waals surface area contributed by atoms with Crippen molar-refractivity contribution in [3.63, 3.8) is 0 Å². The molecule has 0 bridgehead atoms. The summed E-state index contributed by atoms with van der Waals surface area (Å²) in [6, 6.07) is 7.88. The maximum atomic E-state index is 6.30. The van der Waals surface area contributed by atoms with E-state index in [4.69, 9.17) is 16.3 Å². The van der Waals surface area contributed by atoms with Crippen LogP contribution in [-0.4, -0.2) is 12.0 Å². The molecule has 0 saturated carbocycles. The summed E-state index contributed by atoms with van der Waals surface area (Å²) in [5.41, 5.74) is 3.12. The van der Waals surface area contributed by atoms with Crippen LogP contribution in [0, 0.1) is 6.92 Å². The first-order valence-electron chi connectivity index (χ1n) is 7.09. The zero-order valence-electron chi connectivity index (χ0n) is 12.9. The number of aromatic nitrogens is 1. The van der Waals surface area contributed by atoms with Crippen LogP contribution in [0.4, 0.5) is 0 Å². The Labute approximate surface area is 131 Å². The van der Waals surface area contributed by atoms with Gasteiger partial charge in [0.05, 0.1) is 0 Å².